The summed E-state index contributed by atoms with van der Waals surface area (Å²) in [6.45, 7) is 1.66. The zero-order chi connectivity index (χ0) is 10.1. The standard InChI is InChI=1S/C9H12N4O/c1-6(14)9(10)7-4-12-8-5-11-2-3-13(7)8/h2-6,9,14H,10H2,1H3. The zero-order valence-electron chi connectivity index (χ0n) is 7.83. The van der Waals surface area contributed by atoms with E-state index in [9.17, 15) is 5.11 Å². The van der Waals surface area contributed by atoms with Gasteiger partial charge in [0, 0.05) is 12.4 Å². The fourth-order valence-corrected chi connectivity index (χ4v) is 1.36. The maximum absolute atomic E-state index is 9.37. The van der Waals surface area contributed by atoms with Crippen molar-refractivity contribution >= 4 is 5.65 Å². The van der Waals surface area contributed by atoms with Crippen molar-refractivity contribution in [2.75, 3.05) is 0 Å². The molecule has 2 aromatic rings. The maximum Gasteiger partial charge on any atom is 0.155 e. The van der Waals surface area contributed by atoms with E-state index < -0.39 is 12.1 Å². The number of fused-ring (bicyclic) bond motifs is 1. The second kappa shape index (κ2) is 3.36. The Balaban J connectivity index is 2.53. The van der Waals surface area contributed by atoms with Crippen LogP contribution in [-0.2, 0) is 0 Å². The first-order valence-corrected chi connectivity index (χ1v) is 4.41. The third-order valence-corrected chi connectivity index (χ3v) is 2.21. The van der Waals surface area contributed by atoms with Crippen molar-refractivity contribution in [2.24, 2.45) is 5.73 Å². The number of nitrogens with zero attached hydrogens (tertiary/aromatic N) is 3. The number of nitrogens with two attached hydrogens (primary N) is 1. The van der Waals surface area contributed by atoms with Crippen LogP contribution in [0.15, 0.2) is 24.8 Å². The Kier molecular flexibility index (Phi) is 2.18. The van der Waals surface area contributed by atoms with Crippen LogP contribution in [0, 0.1) is 0 Å². The number of aromatic nitrogens is 3. The van der Waals surface area contributed by atoms with Crippen molar-refractivity contribution in [3.63, 3.8) is 0 Å². The Bertz CT molecular complexity index is 437. The number of aliphatic hydroxyl groups is 1. The van der Waals surface area contributed by atoms with Crippen molar-refractivity contribution < 1.29 is 5.11 Å². The molecule has 0 saturated heterocycles. The molecule has 0 aromatic carbocycles. The molecule has 0 bridgehead atoms. The topological polar surface area (TPSA) is 76.4 Å². The van der Waals surface area contributed by atoms with E-state index in [2.05, 4.69) is 9.97 Å². The van der Waals surface area contributed by atoms with Gasteiger partial charge in [0.2, 0.25) is 0 Å². The van der Waals surface area contributed by atoms with Crippen LogP contribution in [0.2, 0.25) is 0 Å². The summed E-state index contributed by atoms with van der Waals surface area (Å²) < 4.78 is 1.82. The summed E-state index contributed by atoms with van der Waals surface area (Å²) in [6, 6.07) is -0.424. The molecule has 2 aromatic heterocycles. The average molecular weight is 192 g/mol. The molecular formula is C9H12N4O. The number of rotatable bonds is 2. The van der Waals surface area contributed by atoms with Crippen LogP contribution < -0.4 is 5.73 Å². The highest BCUT2D eigenvalue weighted by Gasteiger charge is 2.15. The van der Waals surface area contributed by atoms with E-state index >= 15 is 0 Å². The molecule has 0 spiro atoms. The van der Waals surface area contributed by atoms with Gasteiger partial charge in [0.15, 0.2) is 5.65 Å². The molecule has 0 aliphatic rings. The van der Waals surface area contributed by atoms with Crippen molar-refractivity contribution in [2.45, 2.75) is 19.1 Å². The minimum Gasteiger partial charge on any atom is -0.391 e. The van der Waals surface area contributed by atoms with E-state index in [1.54, 1.807) is 31.7 Å². The summed E-state index contributed by atoms with van der Waals surface area (Å²) in [5, 5.41) is 9.37. The summed E-state index contributed by atoms with van der Waals surface area (Å²) in [6.07, 6.45) is 6.16. The summed E-state index contributed by atoms with van der Waals surface area (Å²) in [4.78, 5) is 8.08. The van der Waals surface area contributed by atoms with Gasteiger partial charge in [-0.1, -0.05) is 0 Å². The molecule has 2 atom stereocenters. The molecule has 14 heavy (non-hydrogen) atoms. The van der Waals surface area contributed by atoms with Crippen LogP contribution in [0.5, 0.6) is 0 Å². The van der Waals surface area contributed by atoms with Crippen molar-refractivity contribution in [3.05, 3.63) is 30.5 Å². The third-order valence-electron chi connectivity index (χ3n) is 2.21. The van der Waals surface area contributed by atoms with Crippen LogP contribution >= 0.6 is 0 Å². The first-order valence-electron chi connectivity index (χ1n) is 4.41. The van der Waals surface area contributed by atoms with E-state index in [4.69, 9.17) is 5.73 Å². The molecule has 0 radical (unpaired) electrons. The number of imidazole rings is 1. The van der Waals surface area contributed by atoms with Crippen LogP contribution in [0.25, 0.3) is 5.65 Å². The summed E-state index contributed by atoms with van der Waals surface area (Å²) >= 11 is 0. The monoisotopic (exact) mass is 192 g/mol. The highest BCUT2D eigenvalue weighted by Crippen LogP contribution is 2.15. The molecule has 3 N–H and O–H groups in total. The lowest BCUT2D eigenvalue weighted by Gasteiger charge is -2.13. The van der Waals surface area contributed by atoms with Crippen molar-refractivity contribution in [1.29, 1.82) is 0 Å². The van der Waals surface area contributed by atoms with Crippen LogP contribution in [-0.4, -0.2) is 25.6 Å². The Hall–Kier alpha value is -1.46. The Labute approximate surface area is 81.2 Å². The molecule has 5 nitrogen and oxygen atoms in total. The fourth-order valence-electron chi connectivity index (χ4n) is 1.36. The van der Waals surface area contributed by atoms with Gasteiger partial charge in [0.1, 0.15) is 0 Å². The lowest BCUT2D eigenvalue weighted by Crippen LogP contribution is -2.24. The Morgan fingerprint density at radius 2 is 2.29 bits per heavy atom. The van der Waals surface area contributed by atoms with Gasteiger partial charge in [-0.05, 0) is 6.92 Å². The Morgan fingerprint density at radius 1 is 1.50 bits per heavy atom. The molecule has 0 amide bonds. The van der Waals surface area contributed by atoms with Crippen LogP contribution in [0.1, 0.15) is 18.7 Å². The molecule has 2 rings (SSSR count). The van der Waals surface area contributed by atoms with Gasteiger partial charge in [0.25, 0.3) is 0 Å². The van der Waals surface area contributed by atoms with Gasteiger partial charge in [-0.2, -0.15) is 0 Å². The van der Waals surface area contributed by atoms with E-state index in [-0.39, 0.29) is 0 Å². The maximum atomic E-state index is 9.37. The third kappa shape index (κ3) is 1.36. The summed E-state index contributed by atoms with van der Waals surface area (Å²) in [5.74, 6) is 0. The minimum atomic E-state index is -0.594. The van der Waals surface area contributed by atoms with Gasteiger partial charge in [-0.3, -0.25) is 9.38 Å². The van der Waals surface area contributed by atoms with Crippen LogP contribution in [0.4, 0.5) is 0 Å². The molecule has 74 valence electrons. The molecule has 2 unspecified atom stereocenters. The van der Waals surface area contributed by atoms with E-state index in [1.165, 1.54) is 0 Å². The minimum absolute atomic E-state index is 0.424. The molecule has 0 aliphatic carbocycles. The Morgan fingerprint density at radius 3 is 3.00 bits per heavy atom. The summed E-state index contributed by atoms with van der Waals surface area (Å²) in [5.41, 5.74) is 7.34. The molecule has 0 saturated carbocycles. The molecule has 0 aliphatic heterocycles. The normalized spacial score (nSPS) is 15.6. The SMILES string of the molecule is CC(O)C(N)c1cnc2cnccn12. The van der Waals surface area contributed by atoms with Gasteiger partial charge in [0.05, 0.1) is 30.2 Å². The fraction of sp³-hybridized carbons (Fsp3) is 0.333. The van der Waals surface area contributed by atoms with Crippen LogP contribution in [0.3, 0.4) is 0 Å². The number of aliphatic hydroxyl groups excluding tert-OH is 1. The first kappa shape index (κ1) is 9.11. The largest absolute Gasteiger partial charge is 0.391 e. The van der Waals surface area contributed by atoms with Gasteiger partial charge < -0.3 is 10.8 Å². The predicted octanol–water partition coefficient (Wildman–Crippen LogP) is 0.110. The highest BCUT2D eigenvalue weighted by molar-refractivity contribution is 5.37. The van der Waals surface area contributed by atoms with Gasteiger partial charge in [-0.25, -0.2) is 4.98 Å². The average Bonchev–Trinajstić information content (AvgIpc) is 2.60. The predicted molar refractivity (Wildman–Crippen MR) is 51.6 cm³/mol. The first-order chi connectivity index (χ1) is 6.70. The number of hydrogen-bond donors (Lipinski definition) is 2. The van der Waals surface area contributed by atoms with E-state index in [0.29, 0.717) is 0 Å². The van der Waals surface area contributed by atoms with Crippen molar-refractivity contribution in [3.8, 4) is 0 Å². The zero-order valence-corrected chi connectivity index (χ0v) is 7.83. The number of hydrogen-bond acceptors (Lipinski definition) is 4. The second-order valence-corrected chi connectivity index (χ2v) is 3.25. The van der Waals surface area contributed by atoms with Crippen molar-refractivity contribution in [1.82, 2.24) is 14.4 Å². The lowest BCUT2D eigenvalue weighted by atomic mass is 10.1. The molecule has 5 heteroatoms. The smallest absolute Gasteiger partial charge is 0.155 e. The molecule has 0 fully saturated rings. The molecular weight excluding hydrogens is 180 g/mol. The van der Waals surface area contributed by atoms with Gasteiger partial charge >= 0.3 is 0 Å². The summed E-state index contributed by atoms with van der Waals surface area (Å²) in [7, 11) is 0. The quantitative estimate of drug-likeness (QED) is 0.708. The highest BCUT2D eigenvalue weighted by atomic mass is 16.3. The molecule has 2 heterocycles. The lowest BCUT2D eigenvalue weighted by molar-refractivity contribution is 0.162. The van der Waals surface area contributed by atoms with Gasteiger partial charge in [-0.15, -0.1) is 0 Å². The van der Waals surface area contributed by atoms with E-state index in [0.717, 1.165) is 11.3 Å². The second-order valence-electron chi connectivity index (χ2n) is 3.25. The van der Waals surface area contributed by atoms with E-state index in [1.807, 2.05) is 4.40 Å².